The Morgan fingerprint density at radius 2 is 1.94 bits per heavy atom. The lowest BCUT2D eigenvalue weighted by Gasteiger charge is -2.40. The van der Waals surface area contributed by atoms with Crippen molar-refractivity contribution >= 4 is 55.9 Å². The zero-order chi connectivity index (χ0) is 37.0. The minimum Gasteiger partial charge on any atom is -0.488 e. The van der Waals surface area contributed by atoms with Crippen molar-refractivity contribution in [3.8, 4) is 22.9 Å². The van der Waals surface area contributed by atoms with Gasteiger partial charge in [0.2, 0.25) is 0 Å². The fourth-order valence-electron chi connectivity index (χ4n) is 9.69. The summed E-state index contributed by atoms with van der Waals surface area (Å²) in [5.41, 5.74) is 5.54. The monoisotopic (exact) mass is 763 g/mol. The van der Waals surface area contributed by atoms with Crippen LogP contribution in [-0.2, 0) is 13.5 Å². The van der Waals surface area contributed by atoms with Crippen LogP contribution in [0.15, 0.2) is 54.7 Å². The molecule has 3 saturated heterocycles. The van der Waals surface area contributed by atoms with E-state index in [-0.39, 0.29) is 41.1 Å². The zero-order valence-electron chi connectivity index (χ0n) is 30.1. The second-order valence-electron chi connectivity index (χ2n) is 15.7. The van der Waals surface area contributed by atoms with Crippen LogP contribution in [0.3, 0.4) is 0 Å². The molecule has 0 radical (unpaired) electrons. The van der Waals surface area contributed by atoms with Crippen molar-refractivity contribution in [2.75, 3.05) is 13.1 Å². The van der Waals surface area contributed by atoms with Crippen LogP contribution in [0.5, 0.6) is 5.75 Å². The van der Waals surface area contributed by atoms with Crippen molar-refractivity contribution in [2.24, 2.45) is 18.9 Å². The number of nitriles is 1. The van der Waals surface area contributed by atoms with E-state index < -0.39 is 12.0 Å². The van der Waals surface area contributed by atoms with Gasteiger partial charge in [-0.3, -0.25) is 9.58 Å². The van der Waals surface area contributed by atoms with Crippen LogP contribution >= 0.6 is 23.2 Å². The molecule has 6 atom stereocenters. The zero-order valence-corrected chi connectivity index (χ0v) is 31.6. The van der Waals surface area contributed by atoms with Gasteiger partial charge in [0.1, 0.15) is 23.6 Å². The van der Waals surface area contributed by atoms with Gasteiger partial charge >= 0.3 is 0 Å². The summed E-state index contributed by atoms with van der Waals surface area (Å²) in [7, 11) is 1.93. The highest BCUT2D eigenvalue weighted by Gasteiger charge is 2.51. The van der Waals surface area contributed by atoms with Crippen LogP contribution in [0.1, 0.15) is 61.1 Å². The highest BCUT2D eigenvalue weighted by Crippen LogP contribution is 2.52. The number of aliphatic hydroxyl groups is 1. The van der Waals surface area contributed by atoms with Crippen LogP contribution in [0, 0.1) is 35.9 Å². The van der Waals surface area contributed by atoms with Gasteiger partial charge in [0.25, 0.3) is 0 Å². The van der Waals surface area contributed by atoms with E-state index in [1.54, 1.807) is 18.2 Å². The van der Waals surface area contributed by atoms with Crippen LogP contribution in [0.2, 0.25) is 10.0 Å². The first-order chi connectivity index (χ1) is 26.2. The number of nitrogens with one attached hydrogen (secondary N) is 1. The topological polar surface area (TPSA) is 104 Å². The molecule has 2 aliphatic carbocycles. The Labute approximate surface area is 322 Å². The Morgan fingerprint density at radius 1 is 1.11 bits per heavy atom. The van der Waals surface area contributed by atoms with Gasteiger partial charge < -0.3 is 19.7 Å². The number of pyridine rings is 1. The summed E-state index contributed by atoms with van der Waals surface area (Å²) in [6.07, 6.45) is 5.40. The quantitative estimate of drug-likeness (QED) is 0.152. The smallest absolute Gasteiger partial charge is 0.157 e. The van der Waals surface area contributed by atoms with Gasteiger partial charge in [0.15, 0.2) is 5.82 Å². The van der Waals surface area contributed by atoms with Crippen LogP contribution in [0.25, 0.3) is 43.8 Å². The maximum absolute atomic E-state index is 17.3. The molecule has 9 nitrogen and oxygen atoms in total. The van der Waals surface area contributed by atoms with Crippen LogP contribution < -0.4 is 10.1 Å². The Bertz CT molecular complexity index is 2530. The minimum absolute atomic E-state index is 0.145. The summed E-state index contributed by atoms with van der Waals surface area (Å²) >= 11 is 13.2. The summed E-state index contributed by atoms with van der Waals surface area (Å²) in [6, 6.07) is 18.1. The van der Waals surface area contributed by atoms with E-state index >= 15 is 4.39 Å². The maximum Gasteiger partial charge on any atom is 0.157 e. The van der Waals surface area contributed by atoms with Gasteiger partial charge in [0.05, 0.1) is 50.8 Å². The number of benzene rings is 3. The third kappa shape index (κ3) is 5.27. The Morgan fingerprint density at radius 3 is 2.70 bits per heavy atom. The SMILES string of the molecule is Cc1nc2c(F)c(-c3cccc(Cl)c3Cl)c(CCC#N)cc2c2c1cc([C@H]1C[C@H](Oc3cccc4c3cnn4C)CN1C(O)C1CC1)n2[C@H]1[C@H]2CN[C@@H]1C2. The number of aliphatic hydroxyl groups excluding tert-OH is 1. The van der Waals surface area contributed by atoms with Gasteiger partial charge in [-0.2, -0.15) is 10.4 Å². The lowest BCUT2D eigenvalue weighted by atomic mass is 9.79. The molecule has 6 heterocycles. The fraction of sp³-hybridized carbons (Fsp3) is 0.405. The van der Waals surface area contributed by atoms with Gasteiger partial charge in [0, 0.05) is 72.3 Å². The van der Waals surface area contributed by atoms with Gasteiger partial charge in [-0.15, -0.1) is 0 Å². The van der Waals surface area contributed by atoms with E-state index in [0.29, 0.717) is 58.4 Å². The van der Waals surface area contributed by atoms with Gasteiger partial charge in [-0.1, -0.05) is 41.4 Å². The van der Waals surface area contributed by atoms with E-state index in [2.05, 4.69) is 32.0 Å². The predicted octanol–water partition coefficient (Wildman–Crippen LogP) is 8.41. The standard InChI is InChI=1S/C42H40Cl2FN7O2/c1-21-27-17-34(33-16-25(20-51(33)42(53)22-11-12-22)54-35-10-4-9-32-29(35)19-48-50(32)2)52(40-24-15-31(40)47-18-24)41(27)28-14-23(6-5-13-46)36(38(45)39(28)49-21)26-7-3-8-30(43)37(26)44/h3-4,7-10,14,17,19,22,24-25,31,33,40,42,47,53H,5-6,11-12,15-16,18,20H2,1-2H3/t24-,25+,31-,33-,40+,42?/m1/s1. The number of rotatable bonds is 9. The highest BCUT2D eigenvalue weighted by atomic mass is 35.5. The molecule has 2 N–H and O–H groups in total. The number of aromatic nitrogens is 4. The molecule has 54 heavy (non-hydrogen) atoms. The molecule has 3 aromatic heterocycles. The number of fused-ring (bicyclic) bond motifs is 5. The second kappa shape index (κ2) is 12.9. The normalized spacial score (nSPS) is 24.4. The molecule has 5 aliphatic rings. The molecule has 1 unspecified atom stereocenters. The number of ether oxygens (including phenoxy) is 1. The van der Waals surface area contributed by atoms with Crippen molar-refractivity contribution in [3.63, 3.8) is 0 Å². The third-order valence-electron chi connectivity index (χ3n) is 12.5. The van der Waals surface area contributed by atoms with Crippen molar-refractivity contribution in [1.29, 1.82) is 5.26 Å². The van der Waals surface area contributed by atoms with Crippen LogP contribution in [0.4, 0.5) is 4.39 Å². The number of halogens is 3. The largest absolute Gasteiger partial charge is 0.488 e. The van der Waals surface area contributed by atoms with Crippen molar-refractivity contribution in [2.45, 2.75) is 75.9 Å². The minimum atomic E-state index is -0.600. The van der Waals surface area contributed by atoms with E-state index in [1.165, 1.54) is 0 Å². The average Bonchev–Trinajstić information content (AvgIpc) is 3.56. The van der Waals surface area contributed by atoms with Crippen molar-refractivity contribution in [1.82, 2.24) is 29.5 Å². The molecule has 0 spiro atoms. The number of nitrogens with zero attached hydrogens (tertiary/aromatic N) is 6. The number of aryl methyl sites for hydroxylation is 3. The summed E-state index contributed by atoms with van der Waals surface area (Å²) in [5, 5.41) is 32.9. The number of likely N-dealkylation sites (tertiary alicyclic amines) is 1. The molecule has 11 rings (SSSR count). The Hall–Kier alpha value is -4.24. The molecule has 12 heteroatoms. The first-order valence-electron chi connectivity index (χ1n) is 18.9. The molecule has 2 saturated carbocycles. The summed E-state index contributed by atoms with van der Waals surface area (Å²) in [5.74, 6) is 0.975. The molecule has 5 fully saturated rings. The molecular formula is C42H40Cl2FN7O2. The van der Waals surface area contributed by atoms with Crippen molar-refractivity contribution < 1.29 is 14.2 Å². The van der Waals surface area contributed by atoms with Gasteiger partial charge in [-0.05, 0) is 80.3 Å². The molecule has 3 aromatic carbocycles. The highest BCUT2D eigenvalue weighted by molar-refractivity contribution is 6.43. The molecule has 2 bridgehead atoms. The number of hydrogen-bond donors (Lipinski definition) is 2. The molecule has 276 valence electrons. The van der Waals surface area contributed by atoms with E-state index in [9.17, 15) is 10.4 Å². The lowest BCUT2D eigenvalue weighted by molar-refractivity contribution is -0.0274. The Balaban J connectivity index is 1.17. The molecule has 0 amide bonds. The maximum atomic E-state index is 17.3. The molecular weight excluding hydrogens is 724 g/mol. The predicted molar refractivity (Wildman–Crippen MR) is 208 cm³/mol. The van der Waals surface area contributed by atoms with Gasteiger partial charge in [-0.25, -0.2) is 9.37 Å². The van der Waals surface area contributed by atoms with E-state index in [0.717, 1.165) is 64.8 Å². The summed E-state index contributed by atoms with van der Waals surface area (Å²) < 4.78 is 28.4. The first-order valence-corrected chi connectivity index (χ1v) is 19.7. The molecule has 3 aliphatic heterocycles. The summed E-state index contributed by atoms with van der Waals surface area (Å²) in [4.78, 5) is 7.20. The molecule has 6 aromatic rings. The number of hydrogen-bond acceptors (Lipinski definition) is 7. The fourth-order valence-corrected chi connectivity index (χ4v) is 10.1. The van der Waals surface area contributed by atoms with Crippen molar-refractivity contribution in [3.05, 3.63) is 87.5 Å². The van der Waals surface area contributed by atoms with E-state index in [4.69, 9.17) is 32.9 Å². The van der Waals surface area contributed by atoms with E-state index in [1.807, 2.05) is 49.1 Å². The third-order valence-corrected chi connectivity index (χ3v) is 13.3. The van der Waals surface area contributed by atoms with Crippen LogP contribution in [-0.4, -0.2) is 60.8 Å². The summed E-state index contributed by atoms with van der Waals surface area (Å²) in [6.45, 7) is 3.45. The first kappa shape index (κ1) is 34.3. The lowest BCUT2D eigenvalue weighted by Crippen LogP contribution is -2.42. The second-order valence-corrected chi connectivity index (χ2v) is 16.5. The Kier molecular flexibility index (Phi) is 8.20. The average molecular weight is 765 g/mol.